The highest BCUT2D eigenvalue weighted by atomic mass is 79.9. The molecule has 2 aromatic rings. The first-order valence-electron chi connectivity index (χ1n) is 7.46. The Morgan fingerprint density at radius 2 is 2.17 bits per heavy atom. The Bertz CT molecular complexity index is 798. The Hall–Kier alpha value is -1.93. The lowest BCUT2D eigenvalue weighted by molar-refractivity contribution is 0.0201. The molecule has 1 N–H and O–H groups in total. The molecule has 0 bridgehead atoms. The SMILES string of the molecule is CC(C)(C)OC(=O)N(CCO)Cc1ccn2c(=O)c(Br)cnc2c1. The summed E-state index contributed by atoms with van der Waals surface area (Å²) in [6, 6.07) is 3.46. The van der Waals surface area contributed by atoms with Crippen LogP contribution >= 0.6 is 15.9 Å². The number of aliphatic hydroxyl groups is 1. The third kappa shape index (κ3) is 4.55. The van der Waals surface area contributed by atoms with E-state index in [4.69, 9.17) is 4.74 Å². The number of aromatic nitrogens is 2. The van der Waals surface area contributed by atoms with Crippen LogP contribution in [0.2, 0.25) is 0 Å². The molecular formula is C16H20BrN3O4. The molecular weight excluding hydrogens is 378 g/mol. The summed E-state index contributed by atoms with van der Waals surface area (Å²) < 4.78 is 7.14. The van der Waals surface area contributed by atoms with Crippen LogP contribution in [0.3, 0.4) is 0 Å². The summed E-state index contributed by atoms with van der Waals surface area (Å²) in [7, 11) is 0. The molecule has 7 nitrogen and oxygen atoms in total. The average Bonchev–Trinajstić information content (AvgIpc) is 2.49. The fourth-order valence-electron chi connectivity index (χ4n) is 2.10. The zero-order chi connectivity index (χ0) is 17.9. The average molecular weight is 398 g/mol. The number of nitrogens with zero attached hydrogens (tertiary/aromatic N) is 3. The van der Waals surface area contributed by atoms with Gasteiger partial charge in [0.05, 0.1) is 6.61 Å². The van der Waals surface area contributed by atoms with Crippen molar-refractivity contribution in [2.45, 2.75) is 32.9 Å². The van der Waals surface area contributed by atoms with Gasteiger partial charge in [0.2, 0.25) is 0 Å². The number of hydrogen-bond donors (Lipinski definition) is 1. The third-order valence-corrected chi connectivity index (χ3v) is 3.67. The lowest BCUT2D eigenvalue weighted by Gasteiger charge is -2.27. The zero-order valence-corrected chi connectivity index (χ0v) is 15.4. The van der Waals surface area contributed by atoms with Gasteiger partial charge in [-0.1, -0.05) is 0 Å². The molecule has 2 aromatic heterocycles. The molecule has 2 heterocycles. The Morgan fingerprint density at radius 3 is 2.79 bits per heavy atom. The van der Waals surface area contributed by atoms with Crippen molar-refractivity contribution in [3.8, 4) is 0 Å². The van der Waals surface area contributed by atoms with E-state index in [1.807, 2.05) is 0 Å². The first-order chi connectivity index (χ1) is 11.2. The molecule has 0 spiro atoms. The van der Waals surface area contributed by atoms with Gasteiger partial charge in [-0.25, -0.2) is 9.78 Å². The molecule has 2 rings (SSSR count). The quantitative estimate of drug-likeness (QED) is 0.854. The van der Waals surface area contributed by atoms with Crippen LogP contribution in [-0.2, 0) is 11.3 Å². The van der Waals surface area contributed by atoms with Gasteiger partial charge in [-0.2, -0.15) is 0 Å². The predicted octanol–water partition coefficient (Wildman–Crippen LogP) is 2.19. The second-order valence-electron chi connectivity index (χ2n) is 6.30. The fraction of sp³-hybridized carbons (Fsp3) is 0.438. The van der Waals surface area contributed by atoms with Gasteiger partial charge in [0, 0.05) is 25.5 Å². The highest BCUT2D eigenvalue weighted by Gasteiger charge is 2.22. The summed E-state index contributed by atoms with van der Waals surface area (Å²) >= 11 is 3.15. The summed E-state index contributed by atoms with van der Waals surface area (Å²) in [5.74, 6) is 0. The van der Waals surface area contributed by atoms with Crippen LogP contribution in [-0.4, -0.2) is 44.2 Å². The number of amides is 1. The third-order valence-electron chi connectivity index (χ3n) is 3.13. The molecule has 0 unspecified atom stereocenters. The minimum atomic E-state index is -0.616. The van der Waals surface area contributed by atoms with Crippen LogP contribution in [0.5, 0.6) is 0 Å². The molecule has 0 fully saturated rings. The summed E-state index contributed by atoms with van der Waals surface area (Å²) in [5.41, 5.74) is 0.443. The van der Waals surface area contributed by atoms with Crippen molar-refractivity contribution >= 4 is 27.7 Å². The van der Waals surface area contributed by atoms with Gasteiger partial charge >= 0.3 is 6.09 Å². The zero-order valence-electron chi connectivity index (χ0n) is 13.8. The first kappa shape index (κ1) is 18.4. The highest BCUT2D eigenvalue weighted by molar-refractivity contribution is 9.10. The van der Waals surface area contributed by atoms with E-state index in [0.29, 0.717) is 10.1 Å². The van der Waals surface area contributed by atoms with Crippen LogP contribution < -0.4 is 5.56 Å². The van der Waals surface area contributed by atoms with Crippen molar-refractivity contribution in [2.24, 2.45) is 0 Å². The van der Waals surface area contributed by atoms with Gasteiger partial charge in [0.1, 0.15) is 15.7 Å². The van der Waals surface area contributed by atoms with Gasteiger partial charge in [-0.3, -0.25) is 9.20 Å². The topological polar surface area (TPSA) is 84.1 Å². The van der Waals surface area contributed by atoms with E-state index in [1.54, 1.807) is 39.1 Å². The minimum absolute atomic E-state index is 0.153. The Labute approximate surface area is 148 Å². The van der Waals surface area contributed by atoms with Gasteiger partial charge < -0.3 is 14.7 Å². The van der Waals surface area contributed by atoms with E-state index in [1.165, 1.54) is 15.5 Å². The maximum absolute atomic E-state index is 12.2. The summed E-state index contributed by atoms with van der Waals surface area (Å²) in [6.07, 6.45) is 2.55. The second-order valence-corrected chi connectivity index (χ2v) is 7.15. The number of ether oxygens (including phenoxy) is 1. The lowest BCUT2D eigenvalue weighted by atomic mass is 10.2. The largest absolute Gasteiger partial charge is 0.444 e. The normalized spacial score (nSPS) is 11.5. The van der Waals surface area contributed by atoms with E-state index in [0.717, 1.165) is 5.56 Å². The van der Waals surface area contributed by atoms with Crippen LogP contribution in [0.25, 0.3) is 5.65 Å². The van der Waals surface area contributed by atoms with Crippen LogP contribution in [0.15, 0.2) is 33.8 Å². The first-order valence-corrected chi connectivity index (χ1v) is 8.25. The second kappa shape index (κ2) is 7.31. The number of pyridine rings is 1. The predicted molar refractivity (Wildman–Crippen MR) is 92.9 cm³/mol. The highest BCUT2D eigenvalue weighted by Crippen LogP contribution is 2.13. The van der Waals surface area contributed by atoms with E-state index >= 15 is 0 Å². The van der Waals surface area contributed by atoms with Crippen molar-refractivity contribution in [1.82, 2.24) is 14.3 Å². The standard InChI is InChI=1S/C16H20BrN3O4/c1-16(2,3)24-15(23)19(6-7-21)10-11-4-5-20-13(8-11)18-9-12(17)14(20)22/h4-5,8-9,21H,6-7,10H2,1-3H3. The van der Waals surface area contributed by atoms with Gasteiger partial charge in [0.25, 0.3) is 5.56 Å². The molecule has 130 valence electrons. The van der Waals surface area contributed by atoms with Crippen molar-refractivity contribution < 1.29 is 14.6 Å². The maximum atomic E-state index is 12.2. The van der Waals surface area contributed by atoms with E-state index < -0.39 is 11.7 Å². The number of aliphatic hydroxyl groups excluding tert-OH is 1. The molecule has 0 aromatic carbocycles. The Kier molecular flexibility index (Phi) is 5.61. The smallest absolute Gasteiger partial charge is 0.410 e. The molecule has 0 radical (unpaired) electrons. The minimum Gasteiger partial charge on any atom is -0.444 e. The van der Waals surface area contributed by atoms with Crippen molar-refractivity contribution in [3.05, 3.63) is 44.9 Å². The number of fused-ring (bicyclic) bond motifs is 1. The van der Waals surface area contributed by atoms with Crippen LogP contribution in [0, 0.1) is 0 Å². The van der Waals surface area contributed by atoms with E-state index in [-0.39, 0.29) is 25.3 Å². The molecule has 0 atom stereocenters. The fourth-order valence-corrected chi connectivity index (χ4v) is 2.39. The molecule has 0 aliphatic rings. The molecule has 1 amide bonds. The van der Waals surface area contributed by atoms with E-state index in [2.05, 4.69) is 20.9 Å². The Morgan fingerprint density at radius 1 is 1.46 bits per heavy atom. The summed E-state index contributed by atoms with van der Waals surface area (Å²) in [4.78, 5) is 29.8. The van der Waals surface area contributed by atoms with Gasteiger partial charge in [-0.15, -0.1) is 0 Å². The van der Waals surface area contributed by atoms with Gasteiger partial charge in [0.15, 0.2) is 0 Å². The lowest BCUT2D eigenvalue weighted by Crippen LogP contribution is -2.38. The number of hydrogen-bond acceptors (Lipinski definition) is 5. The number of carbonyl (C=O) groups is 1. The Balaban J connectivity index is 2.26. The molecule has 8 heteroatoms. The number of carbonyl (C=O) groups excluding carboxylic acids is 1. The van der Waals surface area contributed by atoms with E-state index in [9.17, 15) is 14.7 Å². The monoisotopic (exact) mass is 397 g/mol. The summed E-state index contributed by atoms with van der Waals surface area (Å²) in [5, 5.41) is 9.19. The van der Waals surface area contributed by atoms with Crippen LogP contribution in [0.1, 0.15) is 26.3 Å². The maximum Gasteiger partial charge on any atom is 0.410 e. The molecule has 0 aliphatic heterocycles. The molecule has 0 aliphatic carbocycles. The molecule has 0 saturated carbocycles. The van der Waals surface area contributed by atoms with Crippen molar-refractivity contribution in [2.75, 3.05) is 13.2 Å². The molecule has 24 heavy (non-hydrogen) atoms. The number of rotatable bonds is 4. The van der Waals surface area contributed by atoms with Crippen LogP contribution in [0.4, 0.5) is 4.79 Å². The van der Waals surface area contributed by atoms with Crippen molar-refractivity contribution in [3.63, 3.8) is 0 Å². The summed E-state index contributed by atoms with van der Waals surface area (Å²) in [6.45, 7) is 5.58. The number of halogens is 1. The molecule has 0 saturated heterocycles. The van der Waals surface area contributed by atoms with Gasteiger partial charge in [-0.05, 0) is 54.4 Å². The van der Waals surface area contributed by atoms with Crippen molar-refractivity contribution in [1.29, 1.82) is 0 Å².